The lowest BCUT2D eigenvalue weighted by Crippen LogP contribution is -2.06. The highest BCUT2D eigenvalue weighted by molar-refractivity contribution is 5.35. The monoisotopic (exact) mass is 189 g/mol. The maximum absolute atomic E-state index is 8.60. The topological polar surface area (TPSA) is 33.0 Å². The van der Waals surface area contributed by atoms with Crippen molar-refractivity contribution in [1.82, 2.24) is 0 Å². The maximum atomic E-state index is 8.60. The van der Waals surface area contributed by atoms with Crippen molar-refractivity contribution >= 4 is 0 Å². The lowest BCUT2D eigenvalue weighted by atomic mass is 10.1. The van der Waals surface area contributed by atoms with Gasteiger partial charge >= 0.3 is 0 Å². The summed E-state index contributed by atoms with van der Waals surface area (Å²) in [6.45, 7) is 6.37. The summed E-state index contributed by atoms with van der Waals surface area (Å²) in [6.07, 6.45) is 0. The van der Waals surface area contributed by atoms with E-state index in [1.54, 1.807) is 0 Å². The number of nitriles is 1. The van der Waals surface area contributed by atoms with Crippen LogP contribution >= 0.6 is 0 Å². The maximum Gasteiger partial charge on any atom is 0.122 e. The van der Waals surface area contributed by atoms with E-state index >= 15 is 0 Å². The van der Waals surface area contributed by atoms with E-state index in [9.17, 15) is 0 Å². The third kappa shape index (κ3) is 2.77. The van der Waals surface area contributed by atoms with Crippen molar-refractivity contribution in [3.05, 3.63) is 29.3 Å². The molecule has 0 saturated heterocycles. The molecule has 0 aliphatic carbocycles. The zero-order valence-corrected chi connectivity index (χ0v) is 8.87. The van der Waals surface area contributed by atoms with Crippen LogP contribution in [-0.4, -0.2) is 6.61 Å². The fourth-order valence-corrected chi connectivity index (χ4v) is 1.21. The average Bonchev–Trinajstić information content (AvgIpc) is 2.16. The van der Waals surface area contributed by atoms with Gasteiger partial charge in [0.05, 0.1) is 12.0 Å². The molecule has 0 saturated carbocycles. The molecule has 1 aromatic rings. The number of rotatable bonds is 3. The molecule has 1 unspecified atom stereocenters. The van der Waals surface area contributed by atoms with Crippen LogP contribution in [0, 0.1) is 31.1 Å². The summed E-state index contributed by atoms with van der Waals surface area (Å²) in [5, 5.41) is 8.60. The van der Waals surface area contributed by atoms with Crippen LogP contribution in [0.2, 0.25) is 0 Å². The second-order valence-corrected chi connectivity index (χ2v) is 3.61. The Kier molecular flexibility index (Phi) is 3.53. The number of hydrogen-bond donors (Lipinski definition) is 0. The number of aryl methyl sites for hydroxylation is 2. The number of ether oxygens (including phenoxy) is 1. The fourth-order valence-electron chi connectivity index (χ4n) is 1.21. The molecule has 0 aromatic heterocycles. The number of nitrogens with zero attached hydrogens (tertiary/aromatic N) is 1. The summed E-state index contributed by atoms with van der Waals surface area (Å²) < 4.78 is 5.52. The van der Waals surface area contributed by atoms with E-state index in [2.05, 4.69) is 19.1 Å². The highest BCUT2D eigenvalue weighted by Gasteiger charge is 2.03. The largest absolute Gasteiger partial charge is 0.492 e. The van der Waals surface area contributed by atoms with E-state index in [-0.39, 0.29) is 5.92 Å². The highest BCUT2D eigenvalue weighted by atomic mass is 16.5. The van der Waals surface area contributed by atoms with Gasteiger partial charge in [-0.05, 0) is 32.4 Å². The second kappa shape index (κ2) is 4.66. The van der Waals surface area contributed by atoms with Crippen LogP contribution in [0.25, 0.3) is 0 Å². The summed E-state index contributed by atoms with van der Waals surface area (Å²) in [7, 11) is 0. The van der Waals surface area contributed by atoms with Gasteiger partial charge in [-0.3, -0.25) is 0 Å². The smallest absolute Gasteiger partial charge is 0.122 e. The van der Waals surface area contributed by atoms with E-state index < -0.39 is 0 Å². The summed E-state index contributed by atoms with van der Waals surface area (Å²) >= 11 is 0. The Hall–Kier alpha value is -1.49. The molecular formula is C12H15NO. The zero-order chi connectivity index (χ0) is 10.6. The minimum atomic E-state index is -0.0595. The lowest BCUT2D eigenvalue weighted by Gasteiger charge is -2.10. The molecule has 0 amide bonds. The predicted molar refractivity (Wildman–Crippen MR) is 56.2 cm³/mol. The van der Waals surface area contributed by atoms with Gasteiger partial charge in [0.15, 0.2) is 0 Å². The van der Waals surface area contributed by atoms with E-state index in [0.717, 1.165) is 11.3 Å². The minimum Gasteiger partial charge on any atom is -0.492 e. The SMILES string of the molecule is Cc1ccc(OCC(C)C#N)c(C)c1. The van der Waals surface area contributed by atoms with Crippen molar-refractivity contribution in [3.8, 4) is 11.8 Å². The normalized spacial score (nSPS) is 11.9. The molecular weight excluding hydrogens is 174 g/mol. The van der Waals surface area contributed by atoms with Crippen molar-refractivity contribution < 1.29 is 4.74 Å². The van der Waals surface area contributed by atoms with Crippen LogP contribution < -0.4 is 4.74 Å². The Morgan fingerprint density at radius 1 is 1.43 bits per heavy atom. The third-order valence-corrected chi connectivity index (χ3v) is 2.04. The van der Waals surface area contributed by atoms with Crippen LogP contribution in [0.1, 0.15) is 18.1 Å². The molecule has 2 nitrogen and oxygen atoms in total. The lowest BCUT2D eigenvalue weighted by molar-refractivity contribution is 0.286. The Labute approximate surface area is 85.1 Å². The van der Waals surface area contributed by atoms with Crippen molar-refractivity contribution in [2.24, 2.45) is 5.92 Å². The van der Waals surface area contributed by atoms with Gasteiger partial charge in [0, 0.05) is 0 Å². The molecule has 0 radical (unpaired) electrons. The number of hydrogen-bond acceptors (Lipinski definition) is 2. The van der Waals surface area contributed by atoms with Crippen LogP contribution in [0.5, 0.6) is 5.75 Å². The summed E-state index contributed by atoms with van der Waals surface area (Å²) in [5.74, 6) is 0.813. The first-order chi connectivity index (χ1) is 6.63. The summed E-state index contributed by atoms with van der Waals surface area (Å²) in [5.41, 5.74) is 2.35. The first-order valence-electron chi connectivity index (χ1n) is 4.73. The summed E-state index contributed by atoms with van der Waals surface area (Å²) in [4.78, 5) is 0. The van der Waals surface area contributed by atoms with Gasteiger partial charge in [-0.25, -0.2) is 0 Å². The van der Waals surface area contributed by atoms with E-state index in [1.807, 2.05) is 26.0 Å². The van der Waals surface area contributed by atoms with Crippen LogP contribution in [0.4, 0.5) is 0 Å². The highest BCUT2D eigenvalue weighted by Crippen LogP contribution is 2.19. The molecule has 1 atom stereocenters. The Balaban J connectivity index is 2.64. The molecule has 2 heteroatoms. The Morgan fingerprint density at radius 3 is 2.71 bits per heavy atom. The molecule has 74 valence electrons. The number of benzene rings is 1. The minimum absolute atomic E-state index is 0.0595. The van der Waals surface area contributed by atoms with Crippen LogP contribution in [-0.2, 0) is 0 Å². The van der Waals surface area contributed by atoms with Gasteiger partial charge in [0.1, 0.15) is 12.4 Å². The third-order valence-electron chi connectivity index (χ3n) is 2.04. The van der Waals surface area contributed by atoms with Crippen LogP contribution in [0.3, 0.4) is 0 Å². The van der Waals surface area contributed by atoms with Gasteiger partial charge < -0.3 is 4.74 Å². The van der Waals surface area contributed by atoms with E-state index in [1.165, 1.54) is 5.56 Å². The van der Waals surface area contributed by atoms with Gasteiger partial charge in [-0.15, -0.1) is 0 Å². The van der Waals surface area contributed by atoms with Crippen molar-refractivity contribution in [2.75, 3.05) is 6.61 Å². The molecule has 1 aromatic carbocycles. The second-order valence-electron chi connectivity index (χ2n) is 3.61. The molecule has 0 aliphatic rings. The van der Waals surface area contributed by atoms with Crippen molar-refractivity contribution in [1.29, 1.82) is 5.26 Å². The van der Waals surface area contributed by atoms with Crippen molar-refractivity contribution in [3.63, 3.8) is 0 Å². The Bertz CT molecular complexity index is 352. The quantitative estimate of drug-likeness (QED) is 0.732. The predicted octanol–water partition coefficient (Wildman–Crippen LogP) is 2.84. The first-order valence-corrected chi connectivity index (χ1v) is 4.73. The molecule has 1 rings (SSSR count). The van der Waals surface area contributed by atoms with E-state index in [4.69, 9.17) is 10.00 Å². The van der Waals surface area contributed by atoms with Crippen molar-refractivity contribution in [2.45, 2.75) is 20.8 Å². The average molecular weight is 189 g/mol. The standard InChI is InChI=1S/C12H15NO/c1-9-4-5-12(11(3)6-9)14-8-10(2)7-13/h4-6,10H,8H2,1-3H3. The molecule has 0 spiro atoms. The molecule has 14 heavy (non-hydrogen) atoms. The first kappa shape index (κ1) is 10.6. The van der Waals surface area contributed by atoms with E-state index in [0.29, 0.717) is 6.61 Å². The zero-order valence-electron chi connectivity index (χ0n) is 8.87. The van der Waals surface area contributed by atoms with Gasteiger partial charge in [-0.1, -0.05) is 17.7 Å². The fraction of sp³-hybridized carbons (Fsp3) is 0.417. The molecule has 0 N–H and O–H groups in total. The molecule has 0 fully saturated rings. The Morgan fingerprint density at radius 2 is 2.14 bits per heavy atom. The van der Waals surface area contributed by atoms with Crippen LogP contribution in [0.15, 0.2) is 18.2 Å². The summed E-state index contributed by atoms with van der Waals surface area (Å²) in [6, 6.07) is 8.18. The molecule has 0 bridgehead atoms. The van der Waals surface area contributed by atoms with Gasteiger partial charge in [0.2, 0.25) is 0 Å². The molecule has 0 heterocycles. The molecule has 0 aliphatic heterocycles. The van der Waals surface area contributed by atoms with Gasteiger partial charge in [-0.2, -0.15) is 5.26 Å². The van der Waals surface area contributed by atoms with Gasteiger partial charge in [0.25, 0.3) is 0 Å².